The van der Waals surface area contributed by atoms with Crippen LogP contribution >= 0.6 is 43.5 Å². The molecule has 0 saturated heterocycles. The molecule has 0 aliphatic heterocycles. The summed E-state index contributed by atoms with van der Waals surface area (Å²) in [5, 5.41) is 3.50. The van der Waals surface area contributed by atoms with Gasteiger partial charge < -0.3 is 5.32 Å². The first kappa shape index (κ1) is 13.5. The van der Waals surface area contributed by atoms with E-state index in [1.807, 2.05) is 18.2 Å². The summed E-state index contributed by atoms with van der Waals surface area (Å²) in [6.07, 6.45) is 1.47. The molecule has 1 aromatic carbocycles. The number of nitrogens with two attached hydrogens (primary N) is 1. The van der Waals surface area contributed by atoms with Gasteiger partial charge in [0.1, 0.15) is 5.02 Å². The van der Waals surface area contributed by atoms with Crippen LogP contribution in [0.1, 0.15) is 0 Å². The van der Waals surface area contributed by atoms with Crippen LogP contribution in [-0.4, -0.2) is 9.97 Å². The van der Waals surface area contributed by atoms with Crippen molar-refractivity contribution in [3.05, 3.63) is 38.4 Å². The standard InChI is InChI=1S/C10H8Br2ClN5/c11-5-1-2-8(6(12)3-5)16-9-7(13)4-15-10(17-9)18-14/h1-4H,14H2,(H2,15,16,17,18). The van der Waals surface area contributed by atoms with Gasteiger partial charge >= 0.3 is 0 Å². The largest absolute Gasteiger partial charge is 0.338 e. The summed E-state index contributed by atoms with van der Waals surface area (Å²) in [5.41, 5.74) is 3.20. The van der Waals surface area contributed by atoms with Crippen molar-refractivity contribution in [3.63, 3.8) is 0 Å². The Bertz CT molecular complexity index is 578. The van der Waals surface area contributed by atoms with Crippen molar-refractivity contribution >= 4 is 60.9 Å². The van der Waals surface area contributed by atoms with E-state index in [1.165, 1.54) is 6.20 Å². The zero-order chi connectivity index (χ0) is 13.1. The number of nitrogens with zero attached hydrogens (tertiary/aromatic N) is 2. The first-order valence-corrected chi connectivity index (χ1v) is 6.78. The zero-order valence-corrected chi connectivity index (χ0v) is 12.8. The monoisotopic (exact) mass is 391 g/mol. The van der Waals surface area contributed by atoms with Gasteiger partial charge in [0.25, 0.3) is 0 Å². The molecule has 0 spiro atoms. The third-order valence-corrected chi connectivity index (χ3v) is 3.48. The van der Waals surface area contributed by atoms with E-state index in [-0.39, 0.29) is 5.95 Å². The van der Waals surface area contributed by atoms with Gasteiger partial charge in [-0.1, -0.05) is 27.5 Å². The van der Waals surface area contributed by atoms with Gasteiger partial charge in [-0.25, -0.2) is 10.8 Å². The van der Waals surface area contributed by atoms with Gasteiger partial charge in [0.05, 0.1) is 11.9 Å². The molecule has 0 radical (unpaired) electrons. The minimum atomic E-state index is 0.287. The number of nitrogen functional groups attached to an aromatic ring is 1. The fraction of sp³-hybridized carbons (Fsp3) is 0. The van der Waals surface area contributed by atoms with Gasteiger partial charge in [-0.05, 0) is 34.1 Å². The highest BCUT2D eigenvalue weighted by molar-refractivity contribution is 9.11. The summed E-state index contributed by atoms with van der Waals surface area (Å²) < 4.78 is 1.85. The van der Waals surface area contributed by atoms with Crippen LogP contribution in [0.3, 0.4) is 0 Å². The zero-order valence-electron chi connectivity index (χ0n) is 8.92. The number of rotatable bonds is 3. The molecular formula is C10H8Br2ClN5. The number of hydrogen-bond donors (Lipinski definition) is 3. The first-order valence-electron chi connectivity index (χ1n) is 4.81. The van der Waals surface area contributed by atoms with Crippen molar-refractivity contribution < 1.29 is 0 Å². The van der Waals surface area contributed by atoms with E-state index >= 15 is 0 Å². The average Bonchev–Trinajstić information content (AvgIpc) is 2.35. The lowest BCUT2D eigenvalue weighted by Gasteiger charge is -2.10. The molecule has 0 aliphatic rings. The molecule has 0 unspecified atom stereocenters. The molecule has 0 aliphatic carbocycles. The van der Waals surface area contributed by atoms with Crippen LogP contribution in [0.15, 0.2) is 33.3 Å². The van der Waals surface area contributed by atoms with Crippen LogP contribution in [-0.2, 0) is 0 Å². The maximum Gasteiger partial charge on any atom is 0.239 e. The Morgan fingerprint density at radius 3 is 2.72 bits per heavy atom. The highest BCUT2D eigenvalue weighted by Gasteiger charge is 2.07. The lowest BCUT2D eigenvalue weighted by molar-refractivity contribution is 1.12. The molecule has 5 nitrogen and oxygen atoms in total. The molecule has 2 aromatic rings. The molecule has 18 heavy (non-hydrogen) atoms. The first-order chi connectivity index (χ1) is 8.60. The van der Waals surface area contributed by atoms with Crippen LogP contribution in [0.4, 0.5) is 17.5 Å². The normalized spacial score (nSPS) is 10.2. The van der Waals surface area contributed by atoms with Gasteiger partial charge in [-0.3, -0.25) is 5.43 Å². The number of halogens is 3. The summed E-state index contributed by atoms with van der Waals surface area (Å²) >= 11 is 12.8. The van der Waals surface area contributed by atoms with Gasteiger partial charge in [-0.15, -0.1) is 0 Å². The molecule has 1 aromatic heterocycles. The number of hydrazine groups is 1. The topological polar surface area (TPSA) is 75.9 Å². The Morgan fingerprint density at radius 2 is 2.06 bits per heavy atom. The summed E-state index contributed by atoms with van der Waals surface area (Å²) in [4.78, 5) is 8.02. The van der Waals surface area contributed by atoms with E-state index in [4.69, 9.17) is 17.4 Å². The molecule has 0 saturated carbocycles. The summed E-state index contributed by atoms with van der Waals surface area (Å²) in [6.45, 7) is 0. The van der Waals surface area contributed by atoms with Crippen LogP contribution in [0, 0.1) is 0 Å². The van der Waals surface area contributed by atoms with Gasteiger partial charge in [-0.2, -0.15) is 4.98 Å². The molecule has 1 heterocycles. The molecule has 0 fully saturated rings. The average molecular weight is 393 g/mol. The van der Waals surface area contributed by atoms with Gasteiger partial charge in [0.15, 0.2) is 5.82 Å². The Hall–Kier alpha value is -0.890. The lowest BCUT2D eigenvalue weighted by Crippen LogP contribution is -2.11. The SMILES string of the molecule is NNc1ncc(Cl)c(Nc2ccc(Br)cc2Br)n1. The number of anilines is 3. The molecule has 0 amide bonds. The quantitative estimate of drug-likeness (QED) is 0.548. The van der Waals surface area contributed by atoms with E-state index in [1.54, 1.807) is 0 Å². The van der Waals surface area contributed by atoms with Gasteiger partial charge in [0.2, 0.25) is 5.95 Å². The second-order valence-corrected chi connectivity index (χ2v) is 5.46. The van der Waals surface area contributed by atoms with E-state index in [9.17, 15) is 0 Å². The van der Waals surface area contributed by atoms with Crippen molar-refractivity contribution in [2.75, 3.05) is 10.7 Å². The smallest absolute Gasteiger partial charge is 0.239 e. The van der Waals surface area contributed by atoms with Crippen LogP contribution in [0.2, 0.25) is 5.02 Å². The summed E-state index contributed by atoms with van der Waals surface area (Å²) in [6, 6.07) is 5.71. The number of hydrogen-bond acceptors (Lipinski definition) is 5. The van der Waals surface area contributed by atoms with Crippen molar-refractivity contribution in [2.24, 2.45) is 5.84 Å². The van der Waals surface area contributed by atoms with Crippen LogP contribution in [0.25, 0.3) is 0 Å². The van der Waals surface area contributed by atoms with Gasteiger partial charge in [0, 0.05) is 8.95 Å². The molecular weight excluding hydrogens is 385 g/mol. The fourth-order valence-corrected chi connectivity index (χ4v) is 2.53. The third kappa shape index (κ3) is 3.11. The molecule has 0 atom stereocenters. The van der Waals surface area contributed by atoms with Crippen molar-refractivity contribution in [1.29, 1.82) is 0 Å². The predicted molar refractivity (Wildman–Crippen MR) is 80.0 cm³/mol. The Morgan fingerprint density at radius 1 is 1.28 bits per heavy atom. The molecule has 2 rings (SSSR count). The maximum absolute atomic E-state index is 6.01. The minimum Gasteiger partial charge on any atom is -0.338 e. The third-order valence-electron chi connectivity index (χ3n) is 2.06. The van der Waals surface area contributed by atoms with E-state index in [0.717, 1.165) is 14.6 Å². The Labute approximate surface area is 125 Å². The Balaban J connectivity index is 2.33. The van der Waals surface area contributed by atoms with Crippen molar-refractivity contribution in [2.45, 2.75) is 0 Å². The molecule has 94 valence electrons. The van der Waals surface area contributed by atoms with E-state index in [0.29, 0.717) is 10.8 Å². The van der Waals surface area contributed by atoms with Crippen LogP contribution < -0.4 is 16.6 Å². The molecule has 0 bridgehead atoms. The maximum atomic E-state index is 6.01. The van der Waals surface area contributed by atoms with E-state index < -0.39 is 0 Å². The minimum absolute atomic E-state index is 0.287. The second-order valence-electron chi connectivity index (χ2n) is 3.28. The molecule has 8 heteroatoms. The summed E-state index contributed by atoms with van der Waals surface area (Å²) in [5.74, 6) is 6.01. The predicted octanol–water partition coefficient (Wildman–Crippen LogP) is 3.68. The number of aromatic nitrogens is 2. The number of nitrogens with one attached hydrogen (secondary N) is 2. The highest BCUT2D eigenvalue weighted by atomic mass is 79.9. The summed E-state index contributed by atoms with van der Waals surface area (Å²) in [7, 11) is 0. The van der Waals surface area contributed by atoms with E-state index in [2.05, 4.69) is 52.6 Å². The molecule has 4 N–H and O–H groups in total. The van der Waals surface area contributed by atoms with Crippen molar-refractivity contribution in [1.82, 2.24) is 9.97 Å². The fourth-order valence-electron chi connectivity index (χ4n) is 1.24. The highest BCUT2D eigenvalue weighted by Crippen LogP contribution is 2.30. The van der Waals surface area contributed by atoms with Crippen LogP contribution in [0.5, 0.6) is 0 Å². The Kier molecular flexibility index (Phi) is 4.39. The lowest BCUT2D eigenvalue weighted by atomic mass is 10.3. The second kappa shape index (κ2) is 5.83. The van der Waals surface area contributed by atoms with Crippen molar-refractivity contribution in [3.8, 4) is 0 Å². The number of benzene rings is 1.